The topological polar surface area (TPSA) is 97.3 Å². The van der Waals surface area contributed by atoms with Crippen molar-refractivity contribution in [2.75, 3.05) is 13.1 Å². The van der Waals surface area contributed by atoms with Crippen molar-refractivity contribution < 1.29 is 14.4 Å². The number of fused-ring (bicyclic) bond motifs is 1. The molecule has 8 nitrogen and oxygen atoms in total. The highest BCUT2D eigenvalue weighted by Crippen LogP contribution is 2.32. The van der Waals surface area contributed by atoms with Gasteiger partial charge in [-0.15, -0.1) is 5.10 Å². The fourth-order valence-electron chi connectivity index (χ4n) is 3.86. The summed E-state index contributed by atoms with van der Waals surface area (Å²) in [6, 6.07) is 0.169. The number of piperidine rings is 1. The summed E-state index contributed by atoms with van der Waals surface area (Å²) in [5.41, 5.74) is 0.701. The predicted octanol–water partition coefficient (Wildman–Crippen LogP) is 1.85. The first-order valence-corrected chi connectivity index (χ1v) is 9.39. The number of likely N-dealkylation sites (tertiary alicyclic amines) is 1. The maximum Gasteiger partial charge on any atom is 0.276 e. The Bertz CT molecular complexity index is 812. The van der Waals surface area contributed by atoms with Crippen LogP contribution in [0.2, 0.25) is 0 Å². The lowest BCUT2D eigenvalue weighted by molar-refractivity contribution is -0.0323. The van der Waals surface area contributed by atoms with E-state index in [1.807, 2.05) is 13.8 Å². The van der Waals surface area contributed by atoms with Gasteiger partial charge in [-0.2, -0.15) is 0 Å². The Kier molecular flexibility index (Phi) is 4.30. The molecule has 1 aliphatic carbocycles. The number of rotatable bonds is 3. The van der Waals surface area contributed by atoms with Gasteiger partial charge in [0.1, 0.15) is 17.1 Å². The smallest absolute Gasteiger partial charge is 0.276 e. The van der Waals surface area contributed by atoms with Gasteiger partial charge >= 0.3 is 0 Å². The quantitative estimate of drug-likeness (QED) is 0.898. The van der Waals surface area contributed by atoms with Crippen molar-refractivity contribution in [1.82, 2.24) is 25.1 Å². The summed E-state index contributed by atoms with van der Waals surface area (Å²) < 4.78 is 7.10. The minimum absolute atomic E-state index is 0.161. The number of carbonyl (C=O) groups is 1. The lowest BCUT2D eigenvalue weighted by Crippen LogP contribution is -2.49. The molecule has 0 bridgehead atoms. The third-order valence-corrected chi connectivity index (χ3v) is 5.43. The van der Waals surface area contributed by atoms with E-state index in [1.54, 1.807) is 15.8 Å². The van der Waals surface area contributed by atoms with E-state index in [9.17, 15) is 9.90 Å². The monoisotopic (exact) mass is 359 g/mol. The number of carbonyl (C=O) groups excluding carboxylic acids is 1. The molecule has 8 heteroatoms. The molecular formula is C18H25N5O3. The highest BCUT2D eigenvalue weighted by Gasteiger charge is 2.40. The van der Waals surface area contributed by atoms with Crippen molar-refractivity contribution in [1.29, 1.82) is 0 Å². The normalized spacial score (nSPS) is 23.3. The minimum atomic E-state index is -1.18. The second kappa shape index (κ2) is 6.50. The van der Waals surface area contributed by atoms with Crippen molar-refractivity contribution in [3.05, 3.63) is 28.9 Å². The first kappa shape index (κ1) is 17.2. The third kappa shape index (κ3) is 2.92. The average molecular weight is 359 g/mol. The Morgan fingerprint density at radius 1 is 1.31 bits per heavy atom. The SMILES string of the molecule is CC(C)n1cc([C@@]2(O)CCCN(C(=O)c3noc4c3CCCC4)C2)nn1. The second-order valence-corrected chi connectivity index (χ2v) is 7.68. The van der Waals surface area contributed by atoms with Crippen LogP contribution in [0.4, 0.5) is 0 Å². The average Bonchev–Trinajstić information content (AvgIpc) is 3.29. The highest BCUT2D eigenvalue weighted by molar-refractivity contribution is 5.94. The van der Waals surface area contributed by atoms with E-state index in [4.69, 9.17) is 4.52 Å². The van der Waals surface area contributed by atoms with Crippen LogP contribution in [-0.4, -0.2) is 49.2 Å². The molecule has 1 N–H and O–H groups in total. The number of nitrogens with zero attached hydrogens (tertiary/aromatic N) is 5. The zero-order valence-corrected chi connectivity index (χ0v) is 15.3. The fraction of sp³-hybridized carbons (Fsp3) is 0.667. The summed E-state index contributed by atoms with van der Waals surface area (Å²) in [6.45, 7) is 4.81. The van der Waals surface area contributed by atoms with Crippen molar-refractivity contribution in [3.8, 4) is 0 Å². The Balaban J connectivity index is 1.56. The summed E-state index contributed by atoms with van der Waals surface area (Å²) in [7, 11) is 0. The van der Waals surface area contributed by atoms with Crippen molar-refractivity contribution in [2.24, 2.45) is 0 Å². The van der Waals surface area contributed by atoms with Crippen molar-refractivity contribution >= 4 is 5.91 Å². The van der Waals surface area contributed by atoms with Crippen LogP contribution in [0.5, 0.6) is 0 Å². The van der Waals surface area contributed by atoms with Crippen LogP contribution in [0.15, 0.2) is 10.7 Å². The number of aliphatic hydroxyl groups is 1. The molecule has 1 atom stereocenters. The molecule has 4 rings (SSSR count). The molecule has 0 aromatic carbocycles. The summed E-state index contributed by atoms with van der Waals surface area (Å²) in [5, 5.41) is 23.4. The number of β-amino-alcohol motifs (C(OH)–C–C–N with tert-alkyl or cyclic N) is 1. The largest absolute Gasteiger partial charge is 0.382 e. The molecule has 0 radical (unpaired) electrons. The van der Waals surface area contributed by atoms with Crippen LogP contribution in [0, 0.1) is 0 Å². The van der Waals surface area contributed by atoms with Crippen molar-refractivity contribution in [2.45, 2.75) is 64.0 Å². The van der Waals surface area contributed by atoms with Gasteiger partial charge < -0.3 is 14.5 Å². The number of aryl methyl sites for hydroxylation is 1. The number of hydrogen-bond acceptors (Lipinski definition) is 6. The molecule has 2 aliphatic rings. The van der Waals surface area contributed by atoms with E-state index < -0.39 is 5.60 Å². The van der Waals surface area contributed by atoms with Gasteiger partial charge in [0.05, 0.1) is 12.7 Å². The van der Waals surface area contributed by atoms with Crippen LogP contribution in [-0.2, 0) is 18.4 Å². The molecule has 1 aliphatic heterocycles. The maximum absolute atomic E-state index is 13.0. The van der Waals surface area contributed by atoms with Gasteiger partial charge in [-0.3, -0.25) is 4.79 Å². The Morgan fingerprint density at radius 3 is 2.88 bits per heavy atom. The molecule has 0 spiro atoms. The van der Waals surface area contributed by atoms with Crippen LogP contribution >= 0.6 is 0 Å². The lowest BCUT2D eigenvalue weighted by atomic mass is 9.89. The number of amides is 1. The van der Waals surface area contributed by atoms with E-state index in [0.717, 1.165) is 37.0 Å². The summed E-state index contributed by atoms with van der Waals surface area (Å²) >= 11 is 0. The third-order valence-electron chi connectivity index (χ3n) is 5.43. The zero-order chi connectivity index (χ0) is 18.3. The number of hydrogen-bond donors (Lipinski definition) is 1. The standard InChI is InChI=1S/C18H25N5O3/c1-12(2)23-10-15(19-21-23)18(25)8-5-9-22(11-18)17(24)16-13-6-3-4-7-14(13)26-20-16/h10,12,25H,3-9,11H2,1-2H3/t18-/m1/s1. The van der Waals surface area contributed by atoms with Gasteiger partial charge in [0.15, 0.2) is 5.69 Å². The molecule has 140 valence electrons. The molecule has 0 unspecified atom stereocenters. The summed E-state index contributed by atoms with van der Waals surface area (Å²) in [4.78, 5) is 14.7. The Morgan fingerprint density at radius 2 is 2.12 bits per heavy atom. The second-order valence-electron chi connectivity index (χ2n) is 7.68. The Hall–Kier alpha value is -2.22. The van der Waals surface area contributed by atoms with Crippen LogP contribution in [0.25, 0.3) is 0 Å². The minimum Gasteiger partial charge on any atom is -0.382 e. The van der Waals surface area contributed by atoms with Gasteiger partial charge in [-0.05, 0) is 46.0 Å². The van der Waals surface area contributed by atoms with E-state index in [0.29, 0.717) is 30.8 Å². The van der Waals surface area contributed by atoms with E-state index >= 15 is 0 Å². The van der Waals surface area contributed by atoms with Gasteiger partial charge in [0, 0.05) is 24.6 Å². The predicted molar refractivity (Wildman–Crippen MR) is 92.6 cm³/mol. The summed E-state index contributed by atoms with van der Waals surface area (Å²) in [5.74, 6) is 0.679. The molecule has 2 aromatic heterocycles. The Labute approximate surface area is 152 Å². The fourth-order valence-corrected chi connectivity index (χ4v) is 3.86. The first-order chi connectivity index (χ1) is 12.5. The van der Waals surface area contributed by atoms with E-state index in [1.165, 1.54) is 0 Å². The molecule has 26 heavy (non-hydrogen) atoms. The molecule has 0 saturated carbocycles. The van der Waals surface area contributed by atoms with Crippen LogP contribution in [0.1, 0.15) is 73.1 Å². The summed E-state index contributed by atoms with van der Waals surface area (Å²) in [6.07, 6.45) is 6.85. The molecular weight excluding hydrogens is 334 g/mol. The van der Waals surface area contributed by atoms with Crippen LogP contribution < -0.4 is 0 Å². The molecule has 2 aromatic rings. The molecule has 1 amide bonds. The van der Waals surface area contributed by atoms with Gasteiger partial charge in [-0.1, -0.05) is 10.4 Å². The highest BCUT2D eigenvalue weighted by atomic mass is 16.5. The lowest BCUT2D eigenvalue weighted by Gasteiger charge is -2.37. The first-order valence-electron chi connectivity index (χ1n) is 9.39. The molecule has 1 fully saturated rings. The number of aromatic nitrogens is 4. The molecule has 3 heterocycles. The van der Waals surface area contributed by atoms with E-state index in [2.05, 4.69) is 15.5 Å². The zero-order valence-electron chi connectivity index (χ0n) is 15.3. The van der Waals surface area contributed by atoms with Gasteiger partial charge in [0.25, 0.3) is 5.91 Å². The van der Waals surface area contributed by atoms with Gasteiger partial charge in [-0.25, -0.2) is 4.68 Å². The van der Waals surface area contributed by atoms with Crippen LogP contribution in [0.3, 0.4) is 0 Å². The van der Waals surface area contributed by atoms with Gasteiger partial charge in [0.2, 0.25) is 0 Å². The van der Waals surface area contributed by atoms with E-state index in [-0.39, 0.29) is 18.5 Å². The molecule has 1 saturated heterocycles. The van der Waals surface area contributed by atoms with Crippen molar-refractivity contribution in [3.63, 3.8) is 0 Å². The maximum atomic E-state index is 13.0.